The molecular formula is C24H21N3O2. The first-order chi connectivity index (χ1) is 14.2. The number of rotatable bonds is 7. The van der Waals surface area contributed by atoms with Gasteiger partial charge in [0.25, 0.3) is 5.91 Å². The van der Waals surface area contributed by atoms with E-state index in [1.165, 1.54) is 11.6 Å². The molecule has 29 heavy (non-hydrogen) atoms. The third-order valence-corrected chi connectivity index (χ3v) is 4.31. The summed E-state index contributed by atoms with van der Waals surface area (Å²) in [5.74, 6) is 0.113. The van der Waals surface area contributed by atoms with E-state index >= 15 is 0 Å². The van der Waals surface area contributed by atoms with E-state index in [1.54, 1.807) is 18.3 Å². The highest BCUT2D eigenvalue weighted by molar-refractivity contribution is 6.09. The number of nitriles is 1. The number of nitrogens with zero attached hydrogens (tertiary/aromatic N) is 2. The van der Waals surface area contributed by atoms with Crippen LogP contribution in [0.4, 0.5) is 5.69 Å². The lowest BCUT2D eigenvalue weighted by Gasteiger charge is -2.09. The van der Waals surface area contributed by atoms with Gasteiger partial charge in [-0.25, -0.2) is 0 Å². The van der Waals surface area contributed by atoms with Crippen LogP contribution in [0, 0.1) is 11.3 Å². The van der Waals surface area contributed by atoms with Crippen LogP contribution in [-0.2, 0) is 17.8 Å². The summed E-state index contributed by atoms with van der Waals surface area (Å²) in [6.45, 7) is 2.36. The maximum atomic E-state index is 12.5. The first-order valence-corrected chi connectivity index (χ1v) is 9.33. The van der Waals surface area contributed by atoms with E-state index in [-0.39, 0.29) is 5.57 Å². The second-order valence-electron chi connectivity index (χ2n) is 6.32. The van der Waals surface area contributed by atoms with Gasteiger partial charge < -0.3 is 10.1 Å². The number of aryl methyl sites for hydroxylation is 1. The molecule has 0 atom stereocenters. The molecule has 0 aliphatic carbocycles. The molecule has 0 saturated carbocycles. The lowest BCUT2D eigenvalue weighted by Crippen LogP contribution is -2.13. The number of amides is 1. The Labute approximate surface area is 170 Å². The van der Waals surface area contributed by atoms with E-state index in [1.807, 2.05) is 60.7 Å². The van der Waals surface area contributed by atoms with Crippen LogP contribution in [0.1, 0.15) is 23.7 Å². The van der Waals surface area contributed by atoms with Crippen LogP contribution in [0.3, 0.4) is 0 Å². The molecule has 3 rings (SSSR count). The summed E-state index contributed by atoms with van der Waals surface area (Å²) in [6.07, 6.45) is 4.16. The van der Waals surface area contributed by atoms with Gasteiger partial charge >= 0.3 is 0 Å². The molecule has 0 bridgehead atoms. The van der Waals surface area contributed by atoms with Crippen molar-refractivity contribution in [2.24, 2.45) is 0 Å². The molecule has 0 aliphatic heterocycles. The summed E-state index contributed by atoms with van der Waals surface area (Å²) in [7, 11) is 0. The van der Waals surface area contributed by atoms with E-state index in [2.05, 4.69) is 17.2 Å². The molecular weight excluding hydrogens is 362 g/mol. The Balaban J connectivity index is 1.75. The van der Waals surface area contributed by atoms with Gasteiger partial charge in [0.05, 0.1) is 5.69 Å². The Kier molecular flexibility index (Phi) is 6.75. The van der Waals surface area contributed by atoms with Gasteiger partial charge in [-0.3, -0.25) is 9.78 Å². The number of hydrogen-bond donors (Lipinski definition) is 1. The minimum absolute atomic E-state index is 0.00143. The van der Waals surface area contributed by atoms with Crippen LogP contribution >= 0.6 is 0 Å². The van der Waals surface area contributed by atoms with E-state index < -0.39 is 5.91 Å². The topological polar surface area (TPSA) is 75.0 Å². The number of anilines is 1. The number of carbonyl (C=O) groups is 1. The van der Waals surface area contributed by atoms with E-state index in [4.69, 9.17) is 4.74 Å². The largest absolute Gasteiger partial charge is 0.487 e. The van der Waals surface area contributed by atoms with E-state index in [0.29, 0.717) is 23.6 Å². The SMILES string of the molecule is CCc1ccc(NC(=O)/C(C#N)=C/c2ccccc2OCc2ccccn2)cc1. The van der Waals surface area contributed by atoms with Crippen molar-refractivity contribution in [1.82, 2.24) is 4.98 Å². The van der Waals surface area contributed by atoms with Crippen molar-refractivity contribution < 1.29 is 9.53 Å². The van der Waals surface area contributed by atoms with Crippen molar-refractivity contribution in [3.63, 3.8) is 0 Å². The molecule has 144 valence electrons. The molecule has 0 fully saturated rings. The van der Waals surface area contributed by atoms with Crippen LogP contribution in [0.15, 0.2) is 78.5 Å². The summed E-state index contributed by atoms with van der Waals surface area (Å²) in [5.41, 5.74) is 3.26. The van der Waals surface area contributed by atoms with Crippen LogP contribution < -0.4 is 10.1 Å². The number of nitrogens with one attached hydrogen (secondary N) is 1. The molecule has 1 N–H and O–H groups in total. The normalized spacial score (nSPS) is 10.8. The van der Waals surface area contributed by atoms with Crippen LogP contribution in [0.25, 0.3) is 6.08 Å². The van der Waals surface area contributed by atoms with Gasteiger partial charge in [0.1, 0.15) is 24.0 Å². The van der Waals surface area contributed by atoms with Crippen molar-refractivity contribution in [1.29, 1.82) is 5.26 Å². The van der Waals surface area contributed by atoms with Gasteiger partial charge in [-0.05, 0) is 48.4 Å². The van der Waals surface area contributed by atoms with Crippen molar-refractivity contribution in [3.05, 3.63) is 95.3 Å². The Morgan fingerprint density at radius 3 is 2.55 bits per heavy atom. The molecule has 0 saturated heterocycles. The van der Waals surface area contributed by atoms with Gasteiger partial charge in [0.2, 0.25) is 0 Å². The fourth-order valence-electron chi connectivity index (χ4n) is 2.69. The average molecular weight is 383 g/mol. The molecule has 0 unspecified atom stereocenters. The summed E-state index contributed by atoms with van der Waals surface area (Å²) in [6, 6.07) is 22.4. The summed E-state index contributed by atoms with van der Waals surface area (Å²) < 4.78 is 5.84. The lowest BCUT2D eigenvalue weighted by atomic mass is 10.1. The first kappa shape index (κ1) is 19.8. The molecule has 1 aromatic heterocycles. The Morgan fingerprint density at radius 1 is 1.10 bits per heavy atom. The summed E-state index contributed by atoms with van der Waals surface area (Å²) >= 11 is 0. The molecule has 5 nitrogen and oxygen atoms in total. The van der Waals surface area contributed by atoms with Crippen molar-refractivity contribution in [3.8, 4) is 11.8 Å². The number of para-hydroxylation sites is 1. The molecule has 5 heteroatoms. The molecule has 1 amide bonds. The van der Waals surface area contributed by atoms with Gasteiger partial charge in [-0.1, -0.05) is 43.3 Å². The predicted octanol–water partition coefficient (Wildman–Crippen LogP) is 4.77. The van der Waals surface area contributed by atoms with E-state index in [9.17, 15) is 10.1 Å². The standard InChI is InChI=1S/C24H21N3O2/c1-2-18-10-12-21(13-11-18)27-24(28)20(16-25)15-19-7-3-4-9-23(19)29-17-22-8-5-6-14-26-22/h3-15H,2,17H2,1H3,(H,27,28)/b20-15+. The molecule has 0 spiro atoms. The number of ether oxygens (including phenoxy) is 1. The highest BCUT2D eigenvalue weighted by atomic mass is 16.5. The minimum Gasteiger partial charge on any atom is -0.487 e. The number of hydrogen-bond acceptors (Lipinski definition) is 4. The fraction of sp³-hybridized carbons (Fsp3) is 0.125. The average Bonchev–Trinajstić information content (AvgIpc) is 2.77. The number of benzene rings is 2. The predicted molar refractivity (Wildman–Crippen MR) is 113 cm³/mol. The van der Waals surface area contributed by atoms with Crippen molar-refractivity contribution in [2.45, 2.75) is 20.0 Å². The first-order valence-electron chi connectivity index (χ1n) is 9.33. The second-order valence-corrected chi connectivity index (χ2v) is 6.32. The summed E-state index contributed by atoms with van der Waals surface area (Å²) in [4.78, 5) is 16.8. The number of aromatic nitrogens is 1. The molecule has 1 heterocycles. The van der Waals surface area contributed by atoms with Gasteiger partial charge in [0, 0.05) is 17.4 Å². The Hall–Kier alpha value is -3.91. The Bertz CT molecular complexity index is 1040. The van der Waals surface area contributed by atoms with Crippen LogP contribution in [0.2, 0.25) is 0 Å². The second kappa shape index (κ2) is 9.86. The molecule has 0 aliphatic rings. The zero-order valence-corrected chi connectivity index (χ0v) is 16.1. The number of carbonyl (C=O) groups excluding carboxylic acids is 1. The maximum absolute atomic E-state index is 12.5. The van der Waals surface area contributed by atoms with Crippen molar-refractivity contribution in [2.75, 3.05) is 5.32 Å². The molecule has 3 aromatic rings. The minimum atomic E-state index is -0.462. The molecule has 0 radical (unpaired) electrons. The quantitative estimate of drug-likeness (QED) is 0.471. The zero-order chi connectivity index (χ0) is 20.5. The smallest absolute Gasteiger partial charge is 0.266 e. The lowest BCUT2D eigenvalue weighted by molar-refractivity contribution is -0.112. The zero-order valence-electron chi connectivity index (χ0n) is 16.1. The highest BCUT2D eigenvalue weighted by Gasteiger charge is 2.11. The number of pyridine rings is 1. The fourth-order valence-corrected chi connectivity index (χ4v) is 2.69. The van der Waals surface area contributed by atoms with Gasteiger partial charge in [0.15, 0.2) is 0 Å². The highest BCUT2D eigenvalue weighted by Crippen LogP contribution is 2.22. The summed E-state index contributed by atoms with van der Waals surface area (Å²) in [5, 5.41) is 12.2. The van der Waals surface area contributed by atoms with Crippen LogP contribution in [-0.4, -0.2) is 10.9 Å². The Morgan fingerprint density at radius 2 is 1.86 bits per heavy atom. The third-order valence-electron chi connectivity index (χ3n) is 4.31. The maximum Gasteiger partial charge on any atom is 0.266 e. The molecule has 2 aromatic carbocycles. The van der Waals surface area contributed by atoms with Crippen LogP contribution in [0.5, 0.6) is 5.75 Å². The van der Waals surface area contributed by atoms with Gasteiger partial charge in [-0.15, -0.1) is 0 Å². The van der Waals surface area contributed by atoms with Crippen molar-refractivity contribution >= 4 is 17.7 Å². The monoisotopic (exact) mass is 383 g/mol. The van der Waals surface area contributed by atoms with Gasteiger partial charge in [-0.2, -0.15) is 5.26 Å². The van der Waals surface area contributed by atoms with E-state index in [0.717, 1.165) is 12.1 Å². The third kappa shape index (κ3) is 5.53.